The number of aryl methyl sites for hydroxylation is 2. The minimum absolute atomic E-state index is 0.0285. The van der Waals surface area contributed by atoms with Crippen LogP contribution in [0.4, 0.5) is 5.95 Å². The van der Waals surface area contributed by atoms with Gasteiger partial charge in [-0.3, -0.25) is 19.4 Å². The van der Waals surface area contributed by atoms with Gasteiger partial charge in [0.2, 0.25) is 17.8 Å². The first kappa shape index (κ1) is 21.2. The van der Waals surface area contributed by atoms with Crippen molar-refractivity contribution in [2.45, 2.75) is 53.4 Å². The summed E-state index contributed by atoms with van der Waals surface area (Å²) in [5.41, 5.74) is 1.86. The van der Waals surface area contributed by atoms with Crippen molar-refractivity contribution in [1.82, 2.24) is 19.8 Å². The highest BCUT2D eigenvalue weighted by Crippen LogP contribution is 2.52. The highest BCUT2D eigenvalue weighted by Gasteiger charge is 2.56. The Bertz CT molecular complexity index is 770. The van der Waals surface area contributed by atoms with E-state index in [4.69, 9.17) is 0 Å². The maximum Gasteiger partial charge on any atom is 0.232 e. The molecule has 4 rings (SSSR count). The van der Waals surface area contributed by atoms with Gasteiger partial charge in [0.1, 0.15) is 0 Å². The second-order valence-corrected chi connectivity index (χ2v) is 9.82. The van der Waals surface area contributed by atoms with Crippen molar-refractivity contribution in [2.75, 3.05) is 44.2 Å². The van der Waals surface area contributed by atoms with E-state index in [1.54, 1.807) is 4.90 Å². The van der Waals surface area contributed by atoms with E-state index in [0.717, 1.165) is 75.7 Å². The molecule has 3 fully saturated rings. The maximum absolute atomic E-state index is 12.8. The lowest BCUT2D eigenvalue weighted by atomic mass is 9.71. The number of anilines is 1. The van der Waals surface area contributed by atoms with Crippen molar-refractivity contribution < 1.29 is 9.59 Å². The van der Waals surface area contributed by atoms with E-state index in [-0.39, 0.29) is 29.1 Å². The second kappa shape index (κ2) is 8.25. The van der Waals surface area contributed by atoms with Crippen LogP contribution in [0.3, 0.4) is 0 Å². The topological polar surface area (TPSA) is 69.6 Å². The molecule has 1 aliphatic carbocycles. The van der Waals surface area contributed by atoms with Crippen LogP contribution in [0.2, 0.25) is 0 Å². The number of unbranched alkanes of at least 4 members (excludes halogenated alkanes) is 1. The minimum atomic E-state index is -0.163. The van der Waals surface area contributed by atoms with Gasteiger partial charge in [-0.05, 0) is 57.6 Å². The molecule has 0 aromatic carbocycles. The molecule has 3 heterocycles. The Morgan fingerprint density at radius 3 is 2.00 bits per heavy atom. The molecule has 0 N–H and O–H groups in total. The fourth-order valence-corrected chi connectivity index (χ4v) is 5.53. The Balaban J connectivity index is 1.21. The quantitative estimate of drug-likeness (QED) is 0.527. The fourth-order valence-electron chi connectivity index (χ4n) is 5.53. The summed E-state index contributed by atoms with van der Waals surface area (Å²) in [5.74, 6) is 1.04. The molecule has 3 aliphatic rings. The number of aromatic nitrogens is 2. The molecule has 164 valence electrons. The number of rotatable bonds is 6. The zero-order chi connectivity index (χ0) is 21.5. The van der Waals surface area contributed by atoms with E-state index in [1.165, 1.54) is 0 Å². The Kier molecular flexibility index (Phi) is 5.84. The highest BCUT2D eigenvalue weighted by molar-refractivity contribution is 6.01. The third-order valence-electron chi connectivity index (χ3n) is 7.40. The predicted molar refractivity (Wildman–Crippen MR) is 116 cm³/mol. The van der Waals surface area contributed by atoms with Crippen molar-refractivity contribution in [2.24, 2.45) is 17.3 Å². The SMILES string of the molecule is Cc1cc(C)nc(N2CCN(CCCCN3C(=O)[C@@H]4CC[C@@H](C3=O)C4(C)C)CC2)n1. The number of hydrogen-bond donors (Lipinski definition) is 0. The van der Waals surface area contributed by atoms with Crippen LogP contribution in [0, 0.1) is 31.1 Å². The van der Waals surface area contributed by atoms with E-state index >= 15 is 0 Å². The fraction of sp³-hybridized carbons (Fsp3) is 0.739. The van der Waals surface area contributed by atoms with Gasteiger partial charge in [0.25, 0.3) is 0 Å². The number of amides is 2. The summed E-state index contributed by atoms with van der Waals surface area (Å²) in [5, 5.41) is 0. The third-order valence-corrected chi connectivity index (χ3v) is 7.40. The molecule has 1 aromatic heterocycles. The maximum atomic E-state index is 12.8. The molecule has 1 aromatic rings. The molecule has 2 aliphatic heterocycles. The number of carbonyl (C=O) groups excluding carboxylic acids is 2. The van der Waals surface area contributed by atoms with Gasteiger partial charge in [0.15, 0.2) is 0 Å². The Morgan fingerprint density at radius 1 is 0.900 bits per heavy atom. The van der Waals surface area contributed by atoms with Crippen molar-refractivity contribution in [3.8, 4) is 0 Å². The van der Waals surface area contributed by atoms with E-state index in [1.807, 2.05) is 19.9 Å². The smallest absolute Gasteiger partial charge is 0.232 e. The molecule has 0 unspecified atom stereocenters. The Hall–Kier alpha value is -2.02. The first-order chi connectivity index (χ1) is 14.3. The van der Waals surface area contributed by atoms with E-state index in [2.05, 4.69) is 33.6 Å². The molecule has 1 saturated carbocycles. The van der Waals surface area contributed by atoms with Gasteiger partial charge >= 0.3 is 0 Å². The summed E-state index contributed by atoms with van der Waals surface area (Å²) in [7, 11) is 0. The van der Waals surface area contributed by atoms with Gasteiger partial charge in [0.05, 0.1) is 0 Å². The number of fused-ring (bicyclic) bond motifs is 2. The van der Waals surface area contributed by atoms with Crippen LogP contribution in [0.15, 0.2) is 6.07 Å². The van der Waals surface area contributed by atoms with E-state index < -0.39 is 0 Å². The van der Waals surface area contributed by atoms with Crippen molar-refractivity contribution in [3.63, 3.8) is 0 Å². The van der Waals surface area contributed by atoms with E-state index in [0.29, 0.717) is 6.54 Å². The lowest BCUT2D eigenvalue weighted by Gasteiger charge is -2.41. The van der Waals surface area contributed by atoms with Gasteiger partial charge in [-0.15, -0.1) is 0 Å². The summed E-state index contributed by atoms with van der Waals surface area (Å²) in [6.07, 6.45) is 3.63. The van der Waals surface area contributed by atoms with Crippen LogP contribution in [0.1, 0.15) is 50.9 Å². The summed E-state index contributed by atoms with van der Waals surface area (Å²) in [6.45, 7) is 13.7. The number of piperazine rings is 1. The van der Waals surface area contributed by atoms with Crippen molar-refractivity contribution >= 4 is 17.8 Å². The minimum Gasteiger partial charge on any atom is -0.338 e. The van der Waals surface area contributed by atoms with E-state index in [9.17, 15) is 9.59 Å². The van der Waals surface area contributed by atoms with Gasteiger partial charge < -0.3 is 4.90 Å². The standard InChI is InChI=1S/C23H35N5O2/c1-16-15-17(2)25-22(24-16)27-13-11-26(12-14-27)9-5-6-10-28-20(29)18-7-8-19(21(28)30)23(18,3)4/h15,18-19H,5-14H2,1-4H3/t18-,19-/m0/s1. The molecule has 2 amide bonds. The van der Waals surface area contributed by atoms with Crippen LogP contribution < -0.4 is 4.90 Å². The molecule has 30 heavy (non-hydrogen) atoms. The van der Waals surface area contributed by atoms with Gasteiger partial charge in [-0.1, -0.05) is 13.8 Å². The van der Waals surface area contributed by atoms with Crippen LogP contribution in [-0.4, -0.2) is 70.9 Å². The zero-order valence-electron chi connectivity index (χ0n) is 18.9. The lowest BCUT2D eigenvalue weighted by Crippen LogP contribution is -2.54. The van der Waals surface area contributed by atoms with Crippen molar-refractivity contribution in [3.05, 3.63) is 17.5 Å². The number of hydrogen-bond acceptors (Lipinski definition) is 6. The first-order valence-electron chi connectivity index (χ1n) is 11.4. The molecular weight excluding hydrogens is 378 g/mol. The average molecular weight is 414 g/mol. The predicted octanol–water partition coefficient (Wildman–Crippen LogP) is 2.42. The van der Waals surface area contributed by atoms with Crippen LogP contribution in [0.5, 0.6) is 0 Å². The summed E-state index contributed by atoms with van der Waals surface area (Å²) in [6, 6.07) is 2.00. The molecular formula is C23H35N5O2. The molecule has 2 atom stereocenters. The number of likely N-dealkylation sites (tertiary alicyclic amines) is 1. The zero-order valence-corrected chi connectivity index (χ0v) is 18.9. The number of carbonyl (C=O) groups is 2. The molecule has 7 heteroatoms. The average Bonchev–Trinajstić information content (AvgIpc) is 2.93. The summed E-state index contributed by atoms with van der Waals surface area (Å²) in [4.78, 5) is 41.1. The monoisotopic (exact) mass is 413 g/mol. The normalized spacial score (nSPS) is 26.5. The molecule has 0 spiro atoms. The number of nitrogens with zero attached hydrogens (tertiary/aromatic N) is 5. The highest BCUT2D eigenvalue weighted by atomic mass is 16.2. The molecule has 0 radical (unpaired) electrons. The summed E-state index contributed by atoms with van der Waals surface area (Å²) >= 11 is 0. The van der Waals surface area contributed by atoms with Crippen LogP contribution >= 0.6 is 0 Å². The number of imide groups is 1. The van der Waals surface area contributed by atoms with Crippen LogP contribution in [0.25, 0.3) is 0 Å². The lowest BCUT2D eigenvalue weighted by molar-refractivity contribution is -0.160. The second-order valence-electron chi connectivity index (χ2n) is 9.82. The summed E-state index contributed by atoms with van der Waals surface area (Å²) < 4.78 is 0. The largest absolute Gasteiger partial charge is 0.338 e. The molecule has 7 nitrogen and oxygen atoms in total. The van der Waals surface area contributed by atoms with Crippen LogP contribution in [-0.2, 0) is 9.59 Å². The van der Waals surface area contributed by atoms with Crippen molar-refractivity contribution in [1.29, 1.82) is 0 Å². The van der Waals surface area contributed by atoms with Gasteiger partial charge in [-0.2, -0.15) is 0 Å². The third kappa shape index (κ3) is 3.96. The number of piperidine rings is 1. The Labute approximate surface area is 179 Å². The van der Waals surface area contributed by atoms with Gasteiger partial charge in [0, 0.05) is 55.9 Å². The molecule has 2 bridgehead atoms. The van der Waals surface area contributed by atoms with Gasteiger partial charge in [-0.25, -0.2) is 9.97 Å². The Morgan fingerprint density at radius 2 is 1.43 bits per heavy atom. The first-order valence-corrected chi connectivity index (χ1v) is 11.4. The molecule has 2 saturated heterocycles.